The van der Waals surface area contributed by atoms with Crippen LogP contribution in [0.15, 0.2) is 18.2 Å². The molecule has 17 heavy (non-hydrogen) atoms. The lowest BCUT2D eigenvalue weighted by Crippen LogP contribution is -2.13. The molecule has 0 unspecified atom stereocenters. The summed E-state index contributed by atoms with van der Waals surface area (Å²) in [6.07, 6.45) is 2.18. The number of aryl methyl sites for hydroxylation is 2. The number of pyridine rings is 1. The molecular formula is C14H16N2O. The van der Waals surface area contributed by atoms with Gasteiger partial charge in [-0.2, -0.15) is 0 Å². The number of phenols is 1. The van der Waals surface area contributed by atoms with Crippen LogP contribution in [0.1, 0.15) is 23.2 Å². The molecular weight excluding hydrogens is 212 g/mol. The normalized spacial score (nSPS) is 15.6. The molecule has 0 saturated heterocycles. The van der Waals surface area contributed by atoms with Crippen LogP contribution in [0.4, 0.5) is 0 Å². The summed E-state index contributed by atoms with van der Waals surface area (Å²) in [4.78, 5) is 4.73. The van der Waals surface area contributed by atoms with Crippen LogP contribution in [-0.2, 0) is 13.0 Å². The van der Waals surface area contributed by atoms with Gasteiger partial charge in [0.1, 0.15) is 5.75 Å². The van der Waals surface area contributed by atoms with Crippen LogP contribution in [0.3, 0.4) is 0 Å². The third-order valence-corrected chi connectivity index (χ3v) is 3.51. The van der Waals surface area contributed by atoms with Gasteiger partial charge in [0.2, 0.25) is 0 Å². The van der Waals surface area contributed by atoms with Gasteiger partial charge in [-0.1, -0.05) is 0 Å². The molecule has 1 aliphatic heterocycles. The average Bonchev–Trinajstić information content (AvgIpc) is 2.56. The van der Waals surface area contributed by atoms with E-state index in [1.54, 1.807) is 6.07 Å². The monoisotopic (exact) mass is 228 g/mol. The summed E-state index contributed by atoms with van der Waals surface area (Å²) in [7, 11) is 0. The minimum absolute atomic E-state index is 0.309. The lowest BCUT2D eigenvalue weighted by atomic mass is 10.00. The standard InChI is InChI=1S/C14H16N2O/c1-9-11-7-10(17)4-5-14(11)16-13-3-2-6-15-8-12(9)13/h4-5,7,15,17H,2-3,6,8H2,1H3. The summed E-state index contributed by atoms with van der Waals surface area (Å²) in [5.41, 5.74) is 4.75. The molecule has 0 spiro atoms. The zero-order valence-corrected chi connectivity index (χ0v) is 9.95. The molecule has 1 aromatic heterocycles. The average molecular weight is 228 g/mol. The van der Waals surface area contributed by atoms with E-state index in [1.807, 2.05) is 12.1 Å². The van der Waals surface area contributed by atoms with Crippen molar-refractivity contribution in [3.63, 3.8) is 0 Å². The molecule has 2 aromatic rings. The second-order valence-electron chi connectivity index (χ2n) is 4.64. The van der Waals surface area contributed by atoms with Gasteiger partial charge in [0.15, 0.2) is 0 Å². The summed E-state index contributed by atoms with van der Waals surface area (Å²) in [6.45, 7) is 4.06. The van der Waals surface area contributed by atoms with Crippen molar-refractivity contribution in [1.82, 2.24) is 10.3 Å². The number of hydrogen-bond donors (Lipinski definition) is 2. The van der Waals surface area contributed by atoms with E-state index in [0.717, 1.165) is 36.8 Å². The van der Waals surface area contributed by atoms with Crippen LogP contribution in [0.2, 0.25) is 0 Å². The Labute approximate surface area is 100 Å². The Morgan fingerprint density at radius 3 is 3.12 bits per heavy atom. The fourth-order valence-electron chi connectivity index (χ4n) is 2.55. The lowest BCUT2D eigenvalue weighted by molar-refractivity contribution is 0.476. The molecule has 1 aliphatic rings. The maximum Gasteiger partial charge on any atom is 0.116 e. The molecule has 0 amide bonds. The summed E-state index contributed by atoms with van der Waals surface area (Å²) in [5, 5.41) is 14.1. The van der Waals surface area contributed by atoms with Crippen LogP contribution in [0, 0.1) is 6.92 Å². The van der Waals surface area contributed by atoms with Crippen LogP contribution in [0.25, 0.3) is 10.9 Å². The summed E-state index contributed by atoms with van der Waals surface area (Å²) in [6, 6.07) is 5.41. The Kier molecular flexibility index (Phi) is 2.48. The summed E-state index contributed by atoms with van der Waals surface area (Å²) >= 11 is 0. The third-order valence-electron chi connectivity index (χ3n) is 3.51. The first-order valence-corrected chi connectivity index (χ1v) is 6.07. The lowest BCUT2D eigenvalue weighted by Gasteiger charge is -2.12. The third kappa shape index (κ3) is 1.76. The van der Waals surface area contributed by atoms with Gasteiger partial charge in [0, 0.05) is 17.6 Å². The molecule has 88 valence electrons. The number of aromatic nitrogens is 1. The molecule has 2 heterocycles. The highest BCUT2D eigenvalue weighted by atomic mass is 16.3. The van der Waals surface area contributed by atoms with E-state index in [0.29, 0.717) is 5.75 Å². The van der Waals surface area contributed by atoms with Gasteiger partial charge in [-0.15, -0.1) is 0 Å². The van der Waals surface area contributed by atoms with E-state index in [9.17, 15) is 5.11 Å². The Morgan fingerprint density at radius 1 is 1.35 bits per heavy atom. The van der Waals surface area contributed by atoms with Crippen molar-refractivity contribution in [3.05, 3.63) is 35.0 Å². The molecule has 3 rings (SSSR count). The van der Waals surface area contributed by atoms with E-state index >= 15 is 0 Å². The number of rotatable bonds is 0. The van der Waals surface area contributed by atoms with Gasteiger partial charge in [-0.25, -0.2) is 0 Å². The number of nitrogens with one attached hydrogen (secondary N) is 1. The number of hydrogen-bond acceptors (Lipinski definition) is 3. The Bertz CT molecular complexity index is 578. The first-order chi connectivity index (χ1) is 8.25. The zero-order chi connectivity index (χ0) is 11.8. The van der Waals surface area contributed by atoms with Gasteiger partial charge in [-0.05, 0) is 55.6 Å². The molecule has 2 N–H and O–H groups in total. The quantitative estimate of drug-likeness (QED) is 0.727. The minimum Gasteiger partial charge on any atom is -0.508 e. The van der Waals surface area contributed by atoms with Gasteiger partial charge >= 0.3 is 0 Å². The van der Waals surface area contributed by atoms with Crippen molar-refractivity contribution in [3.8, 4) is 5.75 Å². The molecule has 0 saturated carbocycles. The molecule has 0 fully saturated rings. The molecule has 1 aromatic carbocycles. The number of fused-ring (bicyclic) bond motifs is 2. The van der Waals surface area contributed by atoms with Gasteiger partial charge < -0.3 is 10.4 Å². The number of aromatic hydroxyl groups is 1. The first-order valence-electron chi connectivity index (χ1n) is 6.07. The predicted molar refractivity (Wildman–Crippen MR) is 68.2 cm³/mol. The number of phenolic OH excluding ortho intramolecular Hbond substituents is 1. The zero-order valence-electron chi connectivity index (χ0n) is 9.95. The fourth-order valence-corrected chi connectivity index (χ4v) is 2.55. The van der Waals surface area contributed by atoms with Crippen LogP contribution in [-0.4, -0.2) is 16.6 Å². The Hall–Kier alpha value is -1.61. The topological polar surface area (TPSA) is 45.2 Å². The van der Waals surface area contributed by atoms with E-state index in [4.69, 9.17) is 4.98 Å². The second kappa shape index (κ2) is 4.00. The fraction of sp³-hybridized carbons (Fsp3) is 0.357. The molecule has 0 radical (unpaired) electrons. The maximum absolute atomic E-state index is 9.57. The van der Waals surface area contributed by atoms with Crippen molar-refractivity contribution in [2.24, 2.45) is 0 Å². The second-order valence-corrected chi connectivity index (χ2v) is 4.64. The number of nitrogens with zero attached hydrogens (tertiary/aromatic N) is 1. The van der Waals surface area contributed by atoms with Gasteiger partial charge in [0.05, 0.1) is 5.52 Å². The van der Waals surface area contributed by atoms with Crippen molar-refractivity contribution >= 4 is 10.9 Å². The molecule has 3 nitrogen and oxygen atoms in total. The minimum atomic E-state index is 0.309. The van der Waals surface area contributed by atoms with E-state index in [-0.39, 0.29) is 0 Å². The van der Waals surface area contributed by atoms with E-state index in [1.165, 1.54) is 16.8 Å². The highest BCUT2D eigenvalue weighted by Gasteiger charge is 2.14. The highest BCUT2D eigenvalue weighted by Crippen LogP contribution is 2.27. The van der Waals surface area contributed by atoms with E-state index < -0.39 is 0 Å². The number of benzene rings is 1. The van der Waals surface area contributed by atoms with Crippen molar-refractivity contribution in [1.29, 1.82) is 0 Å². The molecule has 0 atom stereocenters. The van der Waals surface area contributed by atoms with Gasteiger partial charge in [0.25, 0.3) is 0 Å². The largest absolute Gasteiger partial charge is 0.508 e. The highest BCUT2D eigenvalue weighted by molar-refractivity contribution is 5.84. The smallest absolute Gasteiger partial charge is 0.116 e. The van der Waals surface area contributed by atoms with Gasteiger partial charge in [-0.3, -0.25) is 4.98 Å². The SMILES string of the molecule is Cc1c2c(nc3ccc(O)cc13)CCCNC2. The van der Waals surface area contributed by atoms with Crippen LogP contribution >= 0.6 is 0 Å². The maximum atomic E-state index is 9.57. The van der Waals surface area contributed by atoms with Crippen molar-refractivity contribution in [2.75, 3.05) is 6.54 Å². The Morgan fingerprint density at radius 2 is 2.24 bits per heavy atom. The predicted octanol–water partition coefficient (Wildman–Crippen LogP) is 2.28. The molecule has 0 aliphatic carbocycles. The van der Waals surface area contributed by atoms with Crippen LogP contribution < -0.4 is 5.32 Å². The van der Waals surface area contributed by atoms with E-state index in [2.05, 4.69) is 12.2 Å². The van der Waals surface area contributed by atoms with Crippen molar-refractivity contribution in [2.45, 2.75) is 26.3 Å². The molecule has 3 heteroatoms. The van der Waals surface area contributed by atoms with Crippen molar-refractivity contribution < 1.29 is 5.11 Å². The summed E-state index contributed by atoms with van der Waals surface area (Å²) in [5.74, 6) is 0.309. The summed E-state index contributed by atoms with van der Waals surface area (Å²) < 4.78 is 0. The Balaban J connectivity index is 2.29. The molecule has 0 bridgehead atoms. The first kappa shape index (κ1) is 10.5. The van der Waals surface area contributed by atoms with Crippen LogP contribution in [0.5, 0.6) is 5.75 Å².